The molecule has 0 radical (unpaired) electrons. The Hall–Kier alpha value is -1.11. The summed E-state index contributed by atoms with van der Waals surface area (Å²) in [5.41, 5.74) is 0.960. The van der Waals surface area contributed by atoms with E-state index in [1.165, 1.54) is 0 Å². The van der Waals surface area contributed by atoms with Gasteiger partial charge in [0.2, 0.25) is 0 Å². The fourth-order valence-corrected chi connectivity index (χ4v) is 3.80. The molecule has 120 valence electrons. The summed E-state index contributed by atoms with van der Waals surface area (Å²) >= 11 is 6.30. The molecule has 7 heteroatoms. The van der Waals surface area contributed by atoms with Crippen molar-refractivity contribution in [2.45, 2.75) is 38.0 Å². The summed E-state index contributed by atoms with van der Waals surface area (Å²) in [5, 5.41) is 8.96. The summed E-state index contributed by atoms with van der Waals surface area (Å²) in [4.78, 5) is 4.54. The lowest BCUT2D eigenvalue weighted by molar-refractivity contribution is 0.0302. The minimum absolute atomic E-state index is 0.296. The molecule has 3 saturated heterocycles. The molecular formula is C15H21ClN4O2. The van der Waals surface area contributed by atoms with Gasteiger partial charge in [-0.2, -0.15) is 0 Å². The number of fused-ring (bicyclic) bond motifs is 2. The molecule has 4 heterocycles. The van der Waals surface area contributed by atoms with Crippen molar-refractivity contribution in [2.75, 3.05) is 42.6 Å². The first-order valence-corrected chi connectivity index (χ1v) is 8.36. The predicted octanol–water partition coefficient (Wildman–Crippen LogP) is 1.72. The van der Waals surface area contributed by atoms with Crippen LogP contribution in [0, 0.1) is 0 Å². The lowest BCUT2D eigenvalue weighted by Crippen LogP contribution is -2.45. The zero-order chi connectivity index (χ0) is 15.1. The van der Waals surface area contributed by atoms with E-state index >= 15 is 0 Å². The molecule has 1 aromatic heterocycles. The first-order valence-electron chi connectivity index (χ1n) is 7.98. The molecule has 3 aliphatic rings. The van der Waals surface area contributed by atoms with E-state index in [1.54, 1.807) is 0 Å². The zero-order valence-electron chi connectivity index (χ0n) is 12.7. The van der Waals surface area contributed by atoms with Gasteiger partial charge in [-0.05, 0) is 19.8 Å². The Bertz CT molecular complexity index is 546. The maximum absolute atomic E-state index is 6.30. The molecule has 3 atom stereocenters. The van der Waals surface area contributed by atoms with Gasteiger partial charge in [-0.1, -0.05) is 11.6 Å². The average Bonchev–Trinajstić information content (AvgIpc) is 2.87. The van der Waals surface area contributed by atoms with Crippen LogP contribution in [0.4, 0.5) is 11.5 Å². The van der Waals surface area contributed by atoms with Crippen molar-refractivity contribution in [3.05, 3.63) is 11.2 Å². The minimum atomic E-state index is 0.296. The second-order valence-electron chi connectivity index (χ2n) is 6.36. The average molecular weight is 325 g/mol. The fourth-order valence-electron chi connectivity index (χ4n) is 3.60. The van der Waals surface area contributed by atoms with Crippen molar-refractivity contribution in [1.29, 1.82) is 0 Å². The van der Waals surface area contributed by atoms with Crippen LogP contribution < -0.4 is 9.80 Å². The molecule has 3 aliphatic heterocycles. The van der Waals surface area contributed by atoms with Crippen molar-refractivity contribution in [1.82, 2.24) is 10.2 Å². The summed E-state index contributed by atoms with van der Waals surface area (Å²) in [5.74, 6) is 0.901. The zero-order valence-corrected chi connectivity index (χ0v) is 13.5. The molecule has 0 aromatic carbocycles. The van der Waals surface area contributed by atoms with E-state index in [2.05, 4.69) is 33.0 Å². The molecule has 0 saturated carbocycles. The number of rotatable bonds is 2. The first kappa shape index (κ1) is 14.5. The molecule has 2 unspecified atom stereocenters. The molecule has 22 heavy (non-hydrogen) atoms. The molecule has 0 N–H and O–H groups in total. The van der Waals surface area contributed by atoms with Crippen LogP contribution in [0.25, 0.3) is 0 Å². The van der Waals surface area contributed by atoms with E-state index in [-0.39, 0.29) is 0 Å². The maximum atomic E-state index is 6.30. The maximum Gasteiger partial charge on any atom is 0.175 e. The Labute approximate surface area is 135 Å². The number of anilines is 2. The fraction of sp³-hybridized carbons (Fsp3) is 0.733. The van der Waals surface area contributed by atoms with Crippen LogP contribution in [0.15, 0.2) is 6.07 Å². The Kier molecular flexibility index (Phi) is 3.84. The summed E-state index contributed by atoms with van der Waals surface area (Å²) in [7, 11) is 0. The number of morpholine rings is 2. The molecule has 1 aromatic rings. The highest BCUT2D eigenvalue weighted by atomic mass is 35.5. The quantitative estimate of drug-likeness (QED) is 0.825. The van der Waals surface area contributed by atoms with Crippen molar-refractivity contribution in [2.24, 2.45) is 0 Å². The third kappa shape index (κ3) is 2.64. The SMILES string of the molecule is C[C@H]1COCCN1c1cc(N2CC3CCC(C2)O3)nnc1Cl. The van der Waals surface area contributed by atoms with Crippen LogP contribution >= 0.6 is 11.6 Å². The van der Waals surface area contributed by atoms with Crippen molar-refractivity contribution in [3.8, 4) is 0 Å². The lowest BCUT2D eigenvalue weighted by Gasteiger charge is -2.36. The van der Waals surface area contributed by atoms with Crippen LogP contribution in [0.1, 0.15) is 19.8 Å². The molecule has 0 spiro atoms. The summed E-state index contributed by atoms with van der Waals surface area (Å²) in [6.45, 7) is 6.20. The van der Waals surface area contributed by atoms with Crippen molar-refractivity contribution >= 4 is 23.1 Å². The molecular weight excluding hydrogens is 304 g/mol. The van der Waals surface area contributed by atoms with Gasteiger partial charge in [0, 0.05) is 31.7 Å². The first-order chi connectivity index (χ1) is 10.7. The number of halogens is 1. The molecule has 0 amide bonds. The number of ether oxygens (including phenoxy) is 2. The molecule has 4 rings (SSSR count). The van der Waals surface area contributed by atoms with Gasteiger partial charge in [-0.25, -0.2) is 0 Å². The highest BCUT2D eigenvalue weighted by Crippen LogP contribution is 2.33. The van der Waals surface area contributed by atoms with Crippen molar-refractivity contribution < 1.29 is 9.47 Å². The number of aromatic nitrogens is 2. The van der Waals surface area contributed by atoms with E-state index in [0.717, 1.165) is 57.2 Å². The van der Waals surface area contributed by atoms with Crippen LogP contribution in [0.2, 0.25) is 5.15 Å². The molecule has 3 fully saturated rings. The van der Waals surface area contributed by atoms with Gasteiger partial charge >= 0.3 is 0 Å². The number of hydrogen-bond acceptors (Lipinski definition) is 6. The Balaban J connectivity index is 1.60. The van der Waals surface area contributed by atoms with Gasteiger partial charge < -0.3 is 19.3 Å². The summed E-state index contributed by atoms with van der Waals surface area (Å²) < 4.78 is 11.4. The minimum Gasteiger partial charge on any atom is -0.377 e. The van der Waals surface area contributed by atoms with E-state index in [0.29, 0.717) is 23.4 Å². The Morgan fingerprint density at radius 3 is 2.73 bits per heavy atom. The van der Waals surface area contributed by atoms with Gasteiger partial charge in [-0.3, -0.25) is 0 Å². The van der Waals surface area contributed by atoms with E-state index in [1.807, 2.05) is 0 Å². The topological polar surface area (TPSA) is 50.7 Å². The number of nitrogens with zero attached hydrogens (tertiary/aromatic N) is 4. The summed E-state index contributed by atoms with van der Waals surface area (Å²) in [6, 6.07) is 2.37. The number of hydrogen-bond donors (Lipinski definition) is 0. The highest BCUT2D eigenvalue weighted by molar-refractivity contribution is 6.32. The second kappa shape index (κ2) is 5.83. The van der Waals surface area contributed by atoms with Crippen molar-refractivity contribution in [3.63, 3.8) is 0 Å². The molecule has 0 aliphatic carbocycles. The standard InChI is InChI=1S/C15H21ClN4O2/c1-10-9-21-5-4-20(10)13-6-14(17-18-15(13)16)19-7-11-2-3-12(8-19)22-11/h6,10-12H,2-5,7-9H2,1H3/t10-,11?,12?/m0/s1. The third-order valence-corrected chi connectivity index (χ3v) is 5.03. The molecule has 2 bridgehead atoms. The van der Waals surface area contributed by atoms with Gasteiger partial charge in [-0.15, -0.1) is 10.2 Å². The Morgan fingerprint density at radius 1 is 1.23 bits per heavy atom. The molecule has 6 nitrogen and oxygen atoms in total. The van der Waals surface area contributed by atoms with Gasteiger partial charge in [0.15, 0.2) is 11.0 Å². The monoisotopic (exact) mass is 324 g/mol. The van der Waals surface area contributed by atoms with Crippen LogP contribution in [-0.4, -0.2) is 61.3 Å². The second-order valence-corrected chi connectivity index (χ2v) is 6.72. The smallest absolute Gasteiger partial charge is 0.175 e. The van der Waals surface area contributed by atoms with Gasteiger partial charge in [0.25, 0.3) is 0 Å². The predicted molar refractivity (Wildman–Crippen MR) is 84.8 cm³/mol. The van der Waals surface area contributed by atoms with Crippen LogP contribution in [0.3, 0.4) is 0 Å². The lowest BCUT2D eigenvalue weighted by atomic mass is 10.2. The van der Waals surface area contributed by atoms with E-state index in [9.17, 15) is 0 Å². The van der Waals surface area contributed by atoms with Crippen LogP contribution in [0.5, 0.6) is 0 Å². The normalized spacial score (nSPS) is 31.6. The van der Waals surface area contributed by atoms with Gasteiger partial charge in [0.05, 0.1) is 31.1 Å². The van der Waals surface area contributed by atoms with Gasteiger partial charge in [0.1, 0.15) is 0 Å². The largest absolute Gasteiger partial charge is 0.377 e. The van der Waals surface area contributed by atoms with E-state index < -0.39 is 0 Å². The van der Waals surface area contributed by atoms with Crippen LogP contribution in [-0.2, 0) is 9.47 Å². The van der Waals surface area contributed by atoms with E-state index in [4.69, 9.17) is 21.1 Å². The summed E-state index contributed by atoms with van der Waals surface area (Å²) in [6.07, 6.45) is 2.97. The Morgan fingerprint density at radius 2 is 2.00 bits per heavy atom. The third-order valence-electron chi connectivity index (χ3n) is 4.76. The highest BCUT2D eigenvalue weighted by Gasteiger charge is 2.35.